The number of carbonyl (C=O) groups is 1. The van der Waals surface area contributed by atoms with E-state index in [9.17, 15) is 9.90 Å². The Morgan fingerprint density at radius 2 is 1.11 bits per heavy atom. The van der Waals surface area contributed by atoms with Crippen molar-refractivity contribution < 1.29 is 9.90 Å². The second-order valence-corrected chi connectivity index (χ2v) is 13.6. The molecule has 1 heterocycles. The van der Waals surface area contributed by atoms with Crippen LogP contribution in [0, 0.1) is 0 Å². The summed E-state index contributed by atoms with van der Waals surface area (Å²) in [4.78, 5) is 12.9. The van der Waals surface area contributed by atoms with E-state index in [0.717, 1.165) is 0 Å². The molecule has 176 valence electrons. The molecule has 5 heteroatoms. The van der Waals surface area contributed by atoms with E-state index in [-0.39, 0.29) is 5.66 Å². The molecule has 2 unspecified atom stereocenters. The van der Waals surface area contributed by atoms with E-state index in [1.165, 1.54) is 21.2 Å². The van der Waals surface area contributed by atoms with Crippen molar-refractivity contribution in [3.8, 4) is 0 Å². The van der Waals surface area contributed by atoms with Crippen molar-refractivity contribution in [1.29, 1.82) is 0 Å². The highest BCUT2D eigenvalue weighted by Gasteiger charge is 2.49. The average Bonchev–Trinajstić information content (AvgIpc) is 3.35. The first-order valence-corrected chi connectivity index (χ1v) is 14.9. The van der Waals surface area contributed by atoms with Gasteiger partial charge in [-0.15, -0.1) is 0 Å². The lowest BCUT2D eigenvalue weighted by atomic mass is 10.0. The fourth-order valence-corrected chi connectivity index (χ4v) is 10.5. The third-order valence-corrected chi connectivity index (χ3v) is 12.2. The van der Waals surface area contributed by atoms with Crippen LogP contribution in [0.3, 0.4) is 0 Å². The number of benzene rings is 4. The summed E-state index contributed by atoms with van der Waals surface area (Å²) in [5.41, 5.74) is -0.707. The quantitative estimate of drug-likeness (QED) is 0.354. The van der Waals surface area contributed by atoms with Crippen LogP contribution in [0.1, 0.15) is 6.42 Å². The minimum atomic E-state index is -0.952. The highest BCUT2D eigenvalue weighted by molar-refractivity contribution is 7.74. The van der Waals surface area contributed by atoms with Crippen molar-refractivity contribution >= 4 is 43.0 Å². The molecule has 0 saturated carbocycles. The van der Waals surface area contributed by atoms with Gasteiger partial charge < -0.3 is 10.4 Å². The number of nitrogens with one attached hydrogen (secondary N) is 1. The number of carboxylic acid groups (broad SMARTS) is 1. The summed E-state index contributed by atoms with van der Waals surface area (Å²) < 4.78 is 0. The van der Waals surface area contributed by atoms with Crippen LogP contribution in [0.2, 0.25) is 0 Å². The molecule has 1 aliphatic rings. The summed E-state index contributed by atoms with van der Waals surface area (Å²) in [5.74, 6) is -0.740. The predicted octanol–water partition coefficient (Wildman–Crippen LogP) is 4.44. The van der Waals surface area contributed by atoms with E-state index >= 15 is 0 Å². The summed E-state index contributed by atoms with van der Waals surface area (Å²) >= 11 is 0. The van der Waals surface area contributed by atoms with Gasteiger partial charge in [-0.25, -0.2) is 0 Å². The van der Waals surface area contributed by atoms with E-state index < -0.39 is 27.4 Å². The van der Waals surface area contributed by atoms with Gasteiger partial charge in [0.25, 0.3) is 0 Å². The average molecular weight is 498 g/mol. The summed E-state index contributed by atoms with van der Waals surface area (Å²) in [6.45, 7) is 0.703. The molecule has 35 heavy (non-hydrogen) atoms. The van der Waals surface area contributed by atoms with E-state index in [1.807, 2.05) is 24.3 Å². The van der Waals surface area contributed by atoms with Crippen molar-refractivity contribution in [2.75, 3.05) is 12.7 Å². The molecule has 0 aliphatic carbocycles. The molecule has 4 aromatic rings. The van der Waals surface area contributed by atoms with Crippen molar-refractivity contribution in [3.63, 3.8) is 0 Å². The van der Waals surface area contributed by atoms with Crippen LogP contribution in [-0.4, -0.2) is 35.0 Å². The standard InChI is InChI=1S/C30H29NO2P2/c32-29(33)30(23-34(24-13-5-1-6-14-24)25-15-7-2-8-16-25)21-28(22-31-30)35(26-17-9-3-10-18-26)27-19-11-4-12-20-27/h1-20,28,31H,21-23H2,(H,32,33). The smallest absolute Gasteiger partial charge is 0.324 e. The minimum Gasteiger partial charge on any atom is -0.480 e. The molecule has 4 aromatic carbocycles. The minimum absolute atomic E-state index is 0.245. The summed E-state index contributed by atoms with van der Waals surface area (Å²) in [5, 5.41) is 19.2. The molecule has 0 bridgehead atoms. The molecule has 1 saturated heterocycles. The van der Waals surface area contributed by atoms with Crippen LogP contribution in [0.5, 0.6) is 0 Å². The molecule has 5 rings (SSSR count). The van der Waals surface area contributed by atoms with Crippen molar-refractivity contribution in [3.05, 3.63) is 121 Å². The number of aliphatic carboxylic acids is 1. The van der Waals surface area contributed by atoms with Gasteiger partial charge in [0, 0.05) is 18.4 Å². The predicted molar refractivity (Wildman–Crippen MR) is 150 cm³/mol. The van der Waals surface area contributed by atoms with Gasteiger partial charge in [0.05, 0.1) is 0 Å². The van der Waals surface area contributed by atoms with Crippen LogP contribution in [0.25, 0.3) is 0 Å². The fraction of sp³-hybridized carbons (Fsp3) is 0.167. The van der Waals surface area contributed by atoms with Crippen LogP contribution >= 0.6 is 15.8 Å². The van der Waals surface area contributed by atoms with Gasteiger partial charge in [0.15, 0.2) is 0 Å². The third-order valence-electron chi connectivity index (χ3n) is 6.67. The van der Waals surface area contributed by atoms with Crippen LogP contribution in [-0.2, 0) is 4.79 Å². The van der Waals surface area contributed by atoms with Gasteiger partial charge in [-0.1, -0.05) is 121 Å². The number of hydrogen-bond donors (Lipinski definition) is 2. The Morgan fingerprint density at radius 3 is 1.51 bits per heavy atom. The second-order valence-electron chi connectivity index (χ2n) is 8.92. The van der Waals surface area contributed by atoms with Gasteiger partial charge in [0.2, 0.25) is 0 Å². The molecular weight excluding hydrogens is 468 g/mol. The van der Waals surface area contributed by atoms with Crippen LogP contribution in [0.15, 0.2) is 121 Å². The van der Waals surface area contributed by atoms with Gasteiger partial charge in [-0.05, 0) is 43.5 Å². The third kappa shape index (κ3) is 5.24. The molecule has 0 radical (unpaired) electrons. The van der Waals surface area contributed by atoms with Gasteiger partial charge >= 0.3 is 5.97 Å². The Bertz CT molecular complexity index is 1160. The maximum absolute atomic E-state index is 12.9. The van der Waals surface area contributed by atoms with Crippen molar-refractivity contribution in [2.45, 2.75) is 17.6 Å². The Kier molecular flexibility index (Phi) is 7.40. The van der Waals surface area contributed by atoms with Crippen molar-refractivity contribution in [2.24, 2.45) is 0 Å². The lowest BCUT2D eigenvalue weighted by Crippen LogP contribution is -2.51. The lowest BCUT2D eigenvalue weighted by Gasteiger charge is -2.31. The topological polar surface area (TPSA) is 49.3 Å². The maximum atomic E-state index is 12.9. The fourth-order valence-electron chi connectivity index (χ4n) is 4.96. The number of carboxylic acids is 1. The Labute approximate surface area is 209 Å². The number of hydrogen-bond acceptors (Lipinski definition) is 2. The molecule has 1 aliphatic heterocycles. The first kappa shape index (κ1) is 23.9. The molecule has 3 nitrogen and oxygen atoms in total. The largest absolute Gasteiger partial charge is 0.480 e. The maximum Gasteiger partial charge on any atom is 0.324 e. The Morgan fingerprint density at radius 1 is 0.714 bits per heavy atom. The van der Waals surface area contributed by atoms with Crippen LogP contribution < -0.4 is 26.5 Å². The second kappa shape index (κ2) is 10.8. The van der Waals surface area contributed by atoms with E-state index in [1.54, 1.807) is 0 Å². The van der Waals surface area contributed by atoms with E-state index in [2.05, 4.69) is 102 Å². The first-order valence-electron chi connectivity index (χ1n) is 11.9. The SMILES string of the molecule is O=C(O)C1(CP(c2ccccc2)c2ccccc2)CC(P(c2ccccc2)c2ccccc2)CN1. The first-order chi connectivity index (χ1) is 17.2. The lowest BCUT2D eigenvalue weighted by molar-refractivity contribution is -0.143. The molecule has 2 N–H and O–H groups in total. The molecule has 0 spiro atoms. The van der Waals surface area contributed by atoms with E-state index in [4.69, 9.17) is 0 Å². The molecule has 2 atom stereocenters. The Hall–Kier alpha value is -2.83. The zero-order valence-corrected chi connectivity index (χ0v) is 21.3. The Balaban J connectivity index is 1.50. The van der Waals surface area contributed by atoms with Gasteiger partial charge in [-0.3, -0.25) is 4.79 Å². The highest BCUT2D eigenvalue weighted by Crippen LogP contribution is 2.48. The van der Waals surface area contributed by atoms with Crippen LogP contribution in [0.4, 0.5) is 0 Å². The zero-order chi connectivity index (χ0) is 24.1. The van der Waals surface area contributed by atoms with Gasteiger partial charge in [-0.2, -0.15) is 0 Å². The molecule has 0 amide bonds. The van der Waals surface area contributed by atoms with Crippen molar-refractivity contribution in [1.82, 2.24) is 5.32 Å². The number of rotatable bonds is 8. The molecule has 0 aromatic heterocycles. The monoisotopic (exact) mass is 497 g/mol. The zero-order valence-electron chi connectivity index (χ0n) is 19.5. The summed E-state index contributed by atoms with van der Waals surface area (Å²) in [7, 11) is -1.51. The van der Waals surface area contributed by atoms with Gasteiger partial charge in [0.1, 0.15) is 5.54 Å². The normalized spacial score (nSPS) is 19.8. The summed E-state index contributed by atoms with van der Waals surface area (Å²) in [6.07, 6.45) is 1.20. The summed E-state index contributed by atoms with van der Waals surface area (Å²) in [6, 6.07) is 42.0. The highest BCUT2D eigenvalue weighted by atomic mass is 31.1. The van der Waals surface area contributed by atoms with E-state index in [0.29, 0.717) is 19.1 Å². The molecular formula is C30H29NO2P2. The molecule has 1 fully saturated rings.